The number of rotatable bonds is 6. The topological polar surface area (TPSA) is 124 Å². The van der Waals surface area contributed by atoms with Crippen molar-refractivity contribution in [3.63, 3.8) is 0 Å². The second kappa shape index (κ2) is 9.67. The van der Waals surface area contributed by atoms with Crippen molar-refractivity contribution in [3.8, 4) is 0 Å². The monoisotopic (exact) mass is 558 g/mol. The van der Waals surface area contributed by atoms with Crippen LogP contribution < -0.4 is 10.6 Å². The van der Waals surface area contributed by atoms with Gasteiger partial charge in [-0.15, -0.1) is 0 Å². The molecule has 0 bridgehead atoms. The molecule has 0 radical (unpaired) electrons. The molecule has 1 aliphatic rings. The predicted octanol–water partition coefficient (Wildman–Crippen LogP) is 4.76. The van der Waals surface area contributed by atoms with Crippen molar-refractivity contribution >= 4 is 49.1 Å². The summed E-state index contributed by atoms with van der Waals surface area (Å²) in [5, 5.41) is 5.86. The predicted molar refractivity (Wildman–Crippen MR) is 151 cm³/mol. The zero-order valence-electron chi connectivity index (χ0n) is 22.0. The van der Waals surface area contributed by atoms with Crippen molar-refractivity contribution < 1.29 is 17.6 Å². The van der Waals surface area contributed by atoms with Gasteiger partial charge < -0.3 is 10.6 Å². The van der Waals surface area contributed by atoms with Crippen molar-refractivity contribution in [1.29, 1.82) is 0 Å². The Balaban J connectivity index is 1.45. The molecule has 0 unspecified atom stereocenters. The van der Waals surface area contributed by atoms with Crippen molar-refractivity contribution in [1.82, 2.24) is 19.7 Å². The molecule has 0 saturated heterocycles. The first kappa shape index (κ1) is 25.9. The number of benzene rings is 2. The molecule has 0 aliphatic heterocycles. The van der Waals surface area contributed by atoms with Crippen LogP contribution >= 0.6 is 0 Å². The van der Waals surface area contributed by atoms with Gasteiger partial charge in [0.1, 0.15) is 11.6 Å². The van der Waals surface area contributed by atoms with Crippen LogP contribution in [0.1, 0.15) is 46.8 Å². The standard InChI is InChI=1S/C29H27FN6O3S/c1-35-27-21-9-6-17(12-24(21)34-28(31)22(27)15-33-35)16-36(25-11-8-20(30)13-26(25)40(2,38)39)29(37)19-7-10-23(32-14-19)18-4-3-5-18/h6-15,18H,3-5,16H2,1-2H3,(H2,31,34). The lowest BCUT2D eigenvalue weighted by Gasteiger charge is -2.26. The Hall–Kier alpha value is -4.38. The number of pyridine rings is 2. The summed E-state index contributed by atoms with van der Waals surface area (Å²) >= 11 is 0. The Morgan fingerprint density at radius 2 is 1.90 bits per heavy atom. The molecular formula is C29H27FN6O3S. The van der Waals surface area contributed by atoms with Crippen molar-refractivity contribution in [2.75, 3.05) is 16.9 Å². The van der Waals surface area contributed by atoms with E-state index >= 15 is 0 Å². The van der Waals surface area contributed by atoms with E-state index in [9.17, 15) is 17.6 Å². The van der Waals surface area contributed by atoms with Crippen LogP contribution in [0.15, 0.2) is 65.8 Å². The van der Waals surface area contributed by atoms with Crippen LogP contribution in [-0.4, -0.2) is 40.3 Å². The van der Waals surface area contributed by atoms with Crippen LogP contribution in [0.2, 0.25) is 0 Å². The highest BCUT2D eigenvalue weighted by Crippen LogP contribution is 2.36. The summed E-state index contributed by atoms with van der Waals surface area (Å²) in [5.74, 6) is -0.443. The van der Waals surface area contributed by atoms with Gasteiger partial charge in [0.15, 0.2) is 9.84 Å². The number of hydrogen-bond acceptors (Lipinski definition) is 7. The molecule has 1 fully saturated rings. The molecule has 6 rings (SSSR count). The van der Waals surface area contributed by atoms with Crippen molar-refractivity contribution in [3.05, 3.63) is 83.6 Å². The number of sulfone groups is 1. The number of carbonyl (C=O) groups excluding carboxylic acids is 1. The van der Waals surface area contributed by atoms with Gasteiger partial charge in [-0.1, -0.05) is 18.6 Å². The largest absolute Gasteiger partial charge is 0.383 e. The molecule has 0 spiro atoms. The second-order valence-electron chi connectivity index (χ2n) is 10.3. The van der Waals surface area contributed by atoms with E-state index < -0.39 is 21.6 Å². The molecule has 2 aromatic carbocycles. The van der Waals surface area contributed by atoms with Gasteiger partial charge in [0, 0.05) is 36.5 Å². The van der Waals surface area contributed by atoms with Crippen LogP contribution in [0, 0.1) is 5.82 Å². The fourth-order valence-electron chi connectivity index (χ4n) is 5.19. The van der Waals surface area contributed by atoms with E-state index in [1.807, 2.05) is 25.2 Å². The first-order chi connectivity index (χ1) is 19.1. The maximum atomic E-state index is 14.2. The van der Waals surface area contributed by atoms with Crippen LogP contribution in [-0.2, 0) is 23.4 Å². The Morgan fingerprint density at radius 1 is 1.10 bits per heavy atom. The van der Waals surface area contributed by atoms with Gasteiger partial charge in [-0.2, -0.15) is 5.10 Å². The molecule has 40 heavy (non-hydrogen) atoms. The fraction of sp³-hybridized carbons (Fsp3) is 0.241. The normalized spacial score (nSPS) is 14.0. The molecule has 204 valence electrons. The number of nitrogen functional groups attached to an aromatic ring is 1. The maximum absolute atomic E-state index is 14.2. The van der Waals surface area contributed by atoms with Gasteiger partial charge in [-0.3, -0.25) is 14.5 Å². The van der Waals surface area contributed by atoms with Crippen LogP contribution in [0.4, 0.5) is 15.9 Å². The summed E-state index contributed by atoms with van der Waals surface area (Å²) in [4.78, 5) is 24.0. The molecule has 1 aliphatic carbocycles. The summed E-state index contributed by atoms with van der Waals surface area (Å²) in [6.45, 7) is -0.00168. The third-order valence-corrected chi connectivity index (χ3v) is 8.65. The molecule has 3 heterocycles. The maximum Gasteiger partial charge on any atom is 0.260 e. The Morgan fingerprint density at radius 3 is 2.58 bits per heavy atom. The lowest BCUT2D eigenvalue weighted by atomic mass is 9.82. The lowest BCUT2D eigenvalue weighted by molar-refractivity contribution is 0.0984. The van der Waals surface area contributed by atoms with Gasteiger partial charge >= 0.3 is 0 Å². The molecule has 11 heteroatoms. The molecule has 3 aromatic heterocycles. The van der Waals surface area contributed by atoms with E-state index in [1.165, 1.54) is 17.2 Å². The number of aryl methyl sites for hydroxylation is 1. The van der Waals surface area contributed by atoms with Crippen molar-refractivity contribution in [2.45, 2.75) is 36.6 Å². The SMILES string of the molecule is Cn1ncc2c(N)nc3cc(CN(C(=O)c4ccc(C5CCC5)nc4)c4ccc(F)cc4S(C)(=O)=O)ccc3c21. The average molecular weight is 559 g/mol. The van der Waals surface area contributed by atoms with Crippen LogP contribution in [0.5, 0.6) is 0 Å². The van der Waals surface area contributed by atoms with Gasteiger partial charge in [-0.25, -0.2) is 17.8 Å². The van der Waals surface area contributed by atoms with E-state index in [2.05, 4.69) is 15.1 Å². The second-order valence-corrected chi connectivity index (χ2v) is 12.2. The van der Waals surface area contributed by atoms with Crippen molar-refractivity contribution in [2.24, 2.45) is 7.05 Å². The number of fused-ring (bicyclic) bond motifs is 3. The van der Waals surface area contributed by atoms with E-state index in [1.54, 1.807) is 23.0 Å². The number of halogens is 1. The number of aromatic nitrogens is 4. The molecule has 0 atom stereocenters. The lowest BCUT2D eigenvalue weighted by Crippen LogP contribution is -2.32. The third kappa shape index (κ3) is 4.56. The Kier molecular flexibility index (Phi) is 6.25. The molecule has 2 N–H and O–H groups in total. The molecule has 1 amide bonds. The molecule has 5 aromatic rings. The van der Waals surface area contributed by atoms with Crippen LogP contribution in [0.3, 0.4) is 0 Å². The van der Waals surface area contributed by atoms with E-state index in [0.717, 1.165) is 59.6 Å². The summed E-state index contributed by atoms with van der Waals surface area (Å²) < 4.78 is 41.3. The highest BCUT2D eigenvalue weighted by molar-refractivity contribution is 7.90. The summed E-state index contributed by atoms with van der Waals surface area (Å²) in [7, 11) is -2.05. The minimum Gasteiger partial charge on any atom is -0.383 e. The van der Waals surface area contributed by atoms with E-state index in [0.29, 0.717) is 28.4 Å². The zero-order valence-corrected chi connectivity index (χ0v) is 22.8. The van der Waals surface area contributed by atoms with Gasteiger partial charge in [0.05, 0.1) is 45.3 Å². The van der Waals surface area contributed by atoms with E-state index in [4.69, 9.17) is 5.73 Å². The first-order valence-corrected chi connectivity index (χ1v) is 14.8. The zero-order chi connectivity index (χ0) is 28.2. The summed E-state index contributed by atoms with van der Waals surface area (Å²) in [5.41, 5.74) is 9.62. The number of carbonyl (C=O) groups is 1. The van der Waals surface area contributed by atoms with E-state index in [-0.39, 0.29) is 17.1 Å². The Bertz CT molecular complexity index is 1900. The summed E-state index contributed by atoms with van der Waals surface area (Å²) in [6.07, 6.45) is 7.49. The minimum absolute atomic E-state index is 0.00168. The quantitative estimate of drug-likeness (QED) is 0.319. The average Bonchev–Trinajstić information content (AvgIpc) is 3.28. The number of nitrogens with two attached hydrogens (primary N) is 1. The highest BCUT2D eigenvalue weighted by Gasteiger charge is 2.27. The van der Waals surface area contributed by atoms with Gasteiger partial charge in [-0.05, 0) is 54.8 Å². The number of anilines is 2. The molecule has 1 saturated carbocycles. The first-order valence-electron chi connectivity index (χ1n) is 12.9. The number of amides is 1. The fourth-order valence-corrected chi connectivity index (χ4v) is 6.08. The number of nitrogens with zero attached hydrogens (tertiary/aromatic N) is 5. The van der Waals surface area contributed by atoms with Gasteiger partial charge in [0.25, 0.3) is 5.91 Å². The smallest absolute Gasteiger partial charge is 0.260 e. The van der Waals surface area contributed by atoms with Gasteiger partial charge in [0.2, 0.25) is 0 Å². The third-order valence-electron chi connectivity index (χ3n) is 7.53. The molecule has 9 nitrogen and oxygen atoms in total. The van der Waals surface area contributed by atoms with Crippen LogP contribution in [0.25, 0.3) is 21.8 Å². The highest BCUT2D eigenvalue weighted by atomic mass is 32.2. The Labute approximate surface area is 230 Å². The summed E-state index contributed by atoms with van der Waals surface area (Å²) in [6, 6.07) is 12.5. The minimum atomic E-state index is -3.87. The molecular weight excluding hydrogens is 531 g/mol. The number of hydrogen-bond donors (Lipinski definition) is 1.